The normalized spacial score (nSPS) is 10.8. The molecule has 0 aliphatic heterocycles. The zero-order valence-corrected chi connectivity index (χ0v) is 14.5. The summed E-state index contributed by atoms with van der Waals surface area (Å²) < 4.78 is 7.00. The third-order valence-corrected chi connectivity index (χ3v) is 4.17. The van der Waals surface area contributed by atoms with Gasteiger partial charge < -0.3 is 10.1 Å². The molecule has 0 spiro atoms. The Hall–Kier alpha value is -3.41. The summed E-state index contributed by atoms with van der Waals surface area (Å²) in [6.07, 6.45) is 4.42. The Kier molecular flexibility index (Phi) is 4.47. The van der Waals surface area contributed by atoms with Crippen molar-refractivity contribution in [3.05, 3.63) is 72.6 Å². The third-order valence-electron chi connectivity index (χ3n) is 4.17. The molecule has 3 aromatic heterocycles. The lowest BCUT2D eigenvalue weighted by Gasteiger charge is -2.10. The van der Waals surface area contributed by atoms with Gasteiger partial charge in [-0.1, -0.05) is 18.2 Å². The molecule has 0 atom stereocenters. The van der Waals surface area contributed by atoms with E-state index >= 15 is 0 Å². The standard InChI is InChI=1S/C20H19N5O/c1-26-16-7-5-15(6-8-16)9-12-22-20-14-18(17-4-2-3-11-21-17)24-19-10-13-23-25(19)20/h2-8,10-11,13-14,22H,9,12H2,1H3. The van der Waals surface area contributed by atoms with Gasteiger partial charge in [-0.2, -0.15) is 9.61 Å². The smallest absolute Gasteiger partial charge is 0.158 e. The van der Waals surface area contributed by atoms with E-state index in [1.807, 2.05) is 42.5 Å². The van der Waals surface area contributed by atoms with Crippen molar-refractivity contribution in [1.29, 1.82) is 0 Å². The average molecular weight is 345 g/mol. The number of nitrogens with one attached hydrogen (secondary N) is 1. The molecule has 0 aliphatic carbocycles. The lowest BCUT2D eigenvalue weighted by Crippen LogP contribution is -2.10. The molecule has 0 bridgehead atoms. The molecule has 3 heterocycles. The zero-order chi connectivity index (χ0) is 17.8. The van der Waals surface area contributed by atoms with Gasteiger partial charge in [-0.05, 0) is 36.2 Å². The van der Waals surface area contributed by atoms with E-state index in [0.717, 1.165) is 41.6 Å². The number of ether oxygens (including phenoxy) is 1. The number of pyridine rings is 1. The highest BCUT2D eigenvalue weighted by molar-refractivity contribution is 5.63. The van der Waals surface area contributed by atoms with Gasteiger partial charge in [0.1, 0.15) is 11.6 Å². The van der Waals surface area contributed by atoms with Crippen LogP contribution in [0.4, 0.5) is 5.82 Å². The number of hydrogen-bond acceptors (Lipinski definition) is 5. The van der Waals surface area contributed by atoms with E-state index in [1.165, 1.54) is 5.56 Å². The summed E-state index contributed by atoms with van der Waals surface area (Å²) in [5.74, 6) is 1.77. The Morgan fingerprint density at radius 3 is 2.65 bits per heavy atom. The number of benzene rings is 1. The van der Waals surface area contributed by atoms with E-state index in [-0.39, 0.29) is 0 Å². The number of fused-ring (bicyclic) bond motifs is 1. The molecule has 4 aromatic rings. The number of hydrogen-bond donors (Lipinski definition) is 1. The van der Waals surface area contributed by atoms with Gasteiger partial charge in [0.15, 0.2) is 5.65 Å². The highest BCUT2D eigenvalue weighted by atomic mass is 16.5. The fourth-order valence-electron chi connectivity index (χ4n) is 2.81. The predicted molar refractivity (Wildman–Crippen MR) is 101 cm³/mol. The first-order valence-electron chi connectivity index (χ1n) is 8.46. The molecule has 0 saturated carbocycles. The van der Waals surface area contributed by atoms with Crippen LogP contribution in [-0.4, -0.2) is 33.2 Å². The van der Waals surface area contributed by atoms with Crippen LogP contribution in [0, 0.1) is 0 Å². The molecule has 26 heavy (non-hydrogen) atoms. The number of rotatable bonds is 6. The Morgan fingerprint density at radius 2 is 1.88 bits per heavy atom. The molecule has 130 valence electrons. The monoisotopic (exact) mass is 345 g/mol. The van der Waals surface area contributed by atoms with Crippen molar-refractivity contribution >= 4 is 11.5 Å². The Morgan fingerprint density at radius 1 is 1.00 bits per heavy atom. The molecule has 0 radical (unpaired) electrons. The van der Waals surface area contributed by atoms with Crippen molar-refractivity contribution < 1.29 is 4.74 Å². The summed E-state index contributed by atoms with van der Waals surface area (Å²) in [6, 6.07) is 17.8. The summed E-state index contributed by atoms with van der Waals surface area (Å²) in [4.78, 5) is 9.03. The molecule has 0 fully saturated rings. The summed E-state index contributed by atoms with van der Waals surface area (Å²) >= 11 is 0. The van der Waals surface area contributed by atoms with Crippen molar-refractivity contribution in [2.24, 2.45) is 0 Å². The first-order valence-corrected chi connectivity index (χ1v) is 8.46. The highest BCUT2D eigenvalue weighted by Gasteiger charge is 2.08. The van der Waals surface area contributed by atoms with Gasteiger partial charge in [-0.15, -0.1) is 0 Å². The van der Waals surface area contributed by atoms with E-state index in [4.69, 9.17) is 4.74 Å². The van der Waals surface area contributed by atoms with Gasteiger partial charge >= 0.3 is 0 Å². The second-order valence-electron chi connectivity index (χ2n) is 5.87. The van der Waals surface area contributed by atoms with E-state index < -0.39 is 0 Å². The second-order valence-corrected chi connectivity index (χ2v) is 5.87. The summed E-state index contributed by atoms with van der Waals surface area (Å²) in [7, 11) is 1.68. The number of aromatic nitrogens is 4. The van der Waals surface area contributed by atoms with Crippen LogP contribution in [0.5, 0.6) is 5.75 Å². The van der Waals surface area contributed by atoms with Crippen LogP contribution in [0.1, 0.15) is 5.56 Å². The van der Waals surface area contributed by atoms with Gasteiger partial charge in [0, 0.05) is 24.9 Å². The van der Waals surface area contributed by atoms with Gasteiger partial charge in [-0.25, -0.2) is 4.98 Å². The molecule has 1 N–H and O–H groups in total. The third kappa shape index (κ3) is 3.35. The zero-order valence-electron chi connectivity index (χ0n) is 14.5. The lowest BCUT2D eigenvalue weighted by atomic mass is 10.1. The van der Waals surface area contributed by atoms with Crippen molar-refractivity contribution in [1.82, 2.24) is 19.6 Å². The Labute approximate surface area is 151 Å². The van der Waals surface area contributed by atoms with E-state index in [0.29, 0.717) is 0 Å². The molecular formula is C20H19N5O. The Balaban J connectivity index is 1.54. The fraction of sp³-hybridized carbons (Fsp3) is 0.150. The van der Waals surface area contributed by atoms with E-state index in [2.05, 4.69) is 32.5 Å². The molecule has 0 unspecified atom stereocenters. The maximum atomic E-state index is 5.20. The largest absolute Gasteiger partial charge is 0.497 e. The van der Waals surface area contributed by atoms with Crippen molar-refractivity contribution in [3.63, 3.8) is 0 Å². The van der Waals surface area contributed by atoms with Crippen LogP contribution in [0.25, 0.3) is 17.0 Å². The van der Waals surface area contributed by atoms with Gasteiger partial charge in [0.25, 0.3) is 0 Å². The molecular weight excluding hydrogens is 326 g/mol. The SMILES string of the molecule is COc1ccc(CCNc2cc(-c3ccccn3)nc3ccnn23)cc1. The summed E-state index contributed by atoms with van der Waals surface area (Å²) in [5.41, 5.74) is 3.70. The Bertz CT molecular complexity index is 996. The maximum Gasteiger partial charge on any atom is 0.158 e. The van der Waals surface area contributed by atoms with Crippen molar-refractivity contribution in [2.75, 3.05) is 19.0 Å². The van der Waals surface area contributed by atoms with Gasteiger partial charge in [-0.3, -0.25) is 4.98 Å². The molecule has 6 nitrogen and oxygen atoms in total. The molecule has 1 aromatic carbocycles. The molecule has 0 saturated heterocycles. The quantitative estimate of drug-likeness (QED) is 0.580. The molecule has 0 amide bonds. The average Bonchev–Trinajstić information content (AvgIpc) is 3.18. The second kappa shape index (κ2) is 7.23. The molecule has 0 aliphatic rings. The van der Waals surface area contributed by atoms with Crippen LogP contribution in [0.3, 0.4) is 0 Å². The van der Waals surface area contributed by atoms with Crippen LogP contribution in [0.15, 0.2) is 67.0 Å². The predicted octanol–water partition coefficient (Wildman–Crippen LogP) is 3.45. The number of anilines is 1. The van der Waals surface area contributed by atoms with Crippen LogP contribution in [-0.2, 0) is 6.42 Å². The first-order chi connectivity index (χ1) is 12.8. The topological polar surface area (TPSA) is 64.3 Å². The van der Waals surface area contributed by atoms with Gasteiger partial charge in [0.05, 0.1) is 24.7 Å². The summed E-state index contributed by atoms with van der Waals surface area (Å²) in [5, 5.41) is 7.82. The first kappa shape index (κ1) is 16.1. The van der Waals surface area contributed by atoms with Crippen LogP contribution in [0.2, 0.25) is 0 Å². The minimum Gasteiger partial charge on any atom is -0.497 e. The highest BCUT2D eigenvalue weighted by Crippen LogP contribution is 2.20. The lowest BCUT2D eigenvalue weighted by molar-refractivity contribution is 0.414. The maximum absolute atomic E-state index is 5.20. The minimum absolute atomic E-state index is 0.785. The van der Waals surface area contributed by atoms with E-state index in [1.54, 1.807) is 24.0 Å². The fourth-order valence-corrected chi connectivity index (χ4v) is 2.81. The minimum atomic E-state index is 0.785. The van der Waals surface area contributed by atoms with E-state index in [9.17, 15) is 0 Å². The van der Waals surface area contributed by atoms with Crippen LogP contribution < -0.4 is 10.1 Å². The number of nitrogens with zero attached hydrogens (tertiary/aromatic N) is 4. The van der Waals surface area contributed by atoms with Crippen molar-refractivity contribution in [2.45, 2.75) is 6.42 Å². The summed E-state index contributed by atoms with van der Waals surface area (Å²) in [6.45, 7) is 0.785. The van der Waals surface area contributed by atoms with Crippen molar-refractivity contribution in [3.8, 4) is 17.1 Å². The molecule has 4 rings (SSSR count). The number of methoxy groups -OCH3 is 1. The van der Waals surface area contributed by atoms with Gasteiger partial charge in [0.2, 0.25) is 0 Å². The molecule has 6 heteroatoms. The van der Waals surface area contributed by atoms with Crippen LogP contribution >= 0.6 is 0 Å².